The van der Waals surface area contributed by atoms with E-state index in [1.807, 2.05) is 107 Å². The fourth-order valence-corrected chi connectivity index (χ4v) is 9.17. The summed E-state index contributed by atoms with van der Waals surface area (Å²) in [6.07, 6.45) is 8.19. The van der Waals surface area contributed by atoms with Gasteiger partial charge in [0.15, 0.2) is 6.54 Å². The highest BCUT2D eigenvalue weighted by atomic mass is 33.1. The summed E-state index contributed by atoms with van der Waals surface area (Å²) in [7, 11) is 3.35. The number of carbonyl (C=O) groups excluding carboxylic acids is 4. The Kier molecular flexibility index (Phi) is 17.1. The fourth-order valence-electron chi connectivity index (χ4n) is 5.43. The van der Waals surface area contributed by atoms with Crippen LogP contribution in [0.5, 0.6) is 0 Å². The number of quaternary nitrogens is 1. The molecule has 0 spiro atoms. The monoisotopic (exact) mass is 826 g/mol. The van der Waals surface area contributed by atoms with Crippen molar-refractivity contribution < 1.29 is 29.1 Å². The largest absolute Gasteiger partial charge is 0.350 e. The van der Waals surface area contributed by atoms with Gasteiger partial charge in [0.25, 0.3) is 16.8 Å². The van der Waals surface area contributed by atoms with Crippen molar-refractivity contribution in [3.63, 3.8) is 0 Å². The van der Waals surface area contributed by atoms with Gasteiger partial charge in [-0.2, -0.15) is 4.57 Å². The quantitative estimate of drug-likeness (QED) is 0.0197. The Morgan fingerprint density at radius 3 is 1.95 bits per heavy atom. The number of aromatic nitrogens is 1. The van der Waals surface area contributed by atoms with E-state index in [9.17, 15) is 19.2 Å². The van der Waals surface area contributed by atoms with E-state index in [1.54, 1.807) is 44.7 Å². The zero-order valence-electron chi connectivity index (χ0n) is 31.3. The van der Waals surface area contributed by atoms with Crippen LogP contribution in [0.15, 0.2) is 108 Å². The van der Waals surface area contributed by atoms with Gasteiger partial charge in [0.2, 0.25) is 23.9 Å². The molecule has 4 amide bonds. The number of thioether (sulfide) groups is 1. The van der Waals surface area contributed by atoms with Crippen LogP contribution >= 0.6 is 44.7 Å². The number of anilines is 2. The summed E-state index contributed by atoms with van der Waals surface area (Å²) in [4.78, 5) is 49.2. The Bertz CT molecular complexity index is 2150. The number of thiazole rings is 1. The summed E-state index contributed by atoms with van der Waals surface area (Å²) in [5, 5.41) is 14.5. The molecule has 6 N–H and O–H groups in total. The Labute approximate surface area is 343 Å². The van der Waals surface area contributed by atoms with E-state index < -0.39 is 0 Å². The van der Waals surface area contributed by atoms with Gasteiger partial charge in [0, 0.05) is 73.8 Å². The lowest BCUT2D eigenvalue weighted by Crippen LogP contribution is -2.81. The molecule has 4 aromatic carbocycles. The lowest BCUT2D eigenvalue weighted by Gasteiger charge is -2.07. The van der Waals surface area contributed by atoms with Gasteiger partial charge < -0.3 is 26.6 Å². The van der Waals surface area contributed by atoms with Gasteiger partial charge in [-0.3, -0.25) is 19.2 Å². The lowest BCUT2D eigenvalue weighted by atomic mass is 10.2. The number of nitrogens with zero attached hydrogens (tertiary/aromatic N) is 1. The zero-order valence-corrected chi connectivity index (χ0v) is 34.6. The molecular weight excluding hydrogens is 781 g/mol. The molecule has 0 atom stereocenters. The highest BCUT2D eigenvalue weighted by Gasteiger charge is 2.21. The van der Waals surface area contributed by atoms with Crippen molar-refractivity contribution in [2.24, 2.45) is 0 Å². The van der Waals surface area contributed by atoms with Crippen molar-refractivity contribution >= 4 is 114 Å². The van der Waals surface area contributed by atoms with Crippen molar-refractivity contribution in [2.45, 2.75) is 25.3 Å². The minimum Gasteiger partial charge on any atom is -0.350 e. The van der Waals surface area contributed by atoms with Crippen molar-refractivity contribution in [1.82, 2.24) is 10.6 Å². The third kappa shape index (κ3) is 14.3. The SMILES string of the molecule is CC(=O)Nc1ccc(C=CCSc2ccccc2[NH2+]CC(=O)NCCSSCCNC(=O)C[n+]2c(C=Cc3ccc(NC(C)=O)cc3)sc3ccccc32)cc1. The molecule has 1 aromatic heterocycles. The zero-order chi connectivity index (χ0) is 39.5. The van der Waals surface area contributed by atoms with Crippen LogP contribution in [0, 0.1) is 0 Å². The number of fused-ring (bicyclic) bond motifs is 1. The average Bonchev–Trinajstić information content (AvgIpc) is 3.53. The van der Waals surface area contributed by atoms with Gasteiger partial charge >= 0.3 is 0 Å². The number of amides is 4. The Hall–Kier alpha value is -4.86. The molecule has 56 heavy (non-hydrogen) atoms. The number of para-hydroxylation sites is 2. The van der Waals surface area contributed by atoms with Gasteiger partial charge in [-0.15, -0.1) is 11.8 Å². The molecule has 0 unspecified atom stereocenters. The predicted octanol–water partition coefficient (Wildman–Crippen LogP) is 6.59. The summed E-state index contributed by atoms with van der Waals surface area (Å²) < 4.78 is 3.14. The van der Waals surface area contributed by atoms with E-state index in [2.05, 4.69) is 45.6 Å². The molecule has 0 aliphatic rings. The Morgan fingerprint density at radius 1 is 0.696 bits per heavy atom. The topological polar surface area (TPSA) is 137 Å². The van der Waals surface area contributed by atoms with Crippen molar-refractivity contribution in [3.8, 4) is 0 Å². The number of rotatable bonds is 20. The number of nitrogens with two attached hydrogens (primary N) is 1. The summed E-state index contributed by atoms with van der Waals surface area (Å²) in [5.74, 6) is 2.04. The number of benzene rings is 4. The van der Waals surface area contributed by atoms with E-state index in [-0.39, 0.29) is 30.2 Å². The smallest absolute Gasteiger partial charge is 0.286 e. The summed E-state index contributed by atoms with van der Waals surface area (Å²) >= 11 is 3.35. The normalized spacial score (nSPS) is 11.2. The molecule has 0 saturated carbocycles. The van der Waals surface area contributed by atoms with E-state index >= 15 is 0 Å². The van der Waals surface area contributed by atoms with Crippen LogP contribution in [0.1, 0.15) is 30.0 Å². The summed E-state index contributed by atoms with van der Waals surface area (Å²) in [6, 6.07) is 31.5. The first kappa shape index (κ1) is 42.3. The predicted molar refractivity (Wildman–Crippen MR) is 236 cm³/mol. The molecule has 5 aromatic rings. The second-order valence-electron chi connectivity index (χ2n) is 12.4. The molecule has 0 aliphatic heterocycles. The Morgan fingerprint density at radius 2 is 1.29 bits per heavy atom. The summed E-state index contributed by atoms with van der Waals surface area (Å²) in [5.41, 5.74) is 5.62. The molecule has 14 heteroatoms. The maximum atomic E-state index is 13.0. The second kappa shape index (κ2) is 22.6. The van der Waals surface area contributed by atoms with E-state index in [4.69, 9.17) is 0 Å². The second-order valence-corrected chi connectivity index (χ2v) is 17.3. The molecule has 0 fully saturated rings. The lowest BCUT2D eigenvalue weighted by molar-refractivity contribution is -0.655. The molecule has 1 heterocycles. The van der Waals surface area contributed by atoms with Crippen molar-refractivity contribution in [2.75, 3.05) is 47.5 Å². The first-order chi connectivity index (χ1) is 27.2. The van der Waals surface area contributed by atoms with Crippen LogP contribution < -0.4 is 31.2 Å². The third-order valence-corrected chi connectivity index (χ3v) is 12.6. The molecule has 0 saturated heterocycles. The number of hydrogen-bond acceptors (Lipinski definition) is 8. The van der Waals surface area contributed by atoms with Crippen molar-refractivity contribution in [3.05, 3.63) is 119 Å². The number of hydrogen-bond donors (Lipinski definition) is 5. The molecule has 0 aliphatic carbocycles. The fraction of sp³-hybridized carbons (Fsp3) is 0.214. The molecule has 5 rings (SSSR count). The van der Waals surface area contributed by atoms with Crippen LogP contribution in [0.3, 0.4) is 0 Å². The summed E-state index contributed by atoms with van der Waals surface area (Å²) in [6.45, 7) is 4.61. The van der Waals surface area contributed by atoms with Crippen LogP contribution in [0.25, 0.3) is 28.4 Å². The van der Waals surface area contributed by atoms with Gasteiger partial charge in [-0.1, -0.05) is 93.6 Å². The third-order valence-electron chi connectivity index (χ3n) is 7.99. The van der Waals surface area contributed by atoms with Gasteiger partial charge in [0.05, 0.1) is 4.90 Å². The molecule has 10 nitrogen and oxygen atoms in total. The first-order valence-electron chi connectivity index (χ1n) is 18.1. The minimum absolute atomic E-state index is 0.0159. The van der Waals surface area contributed by atoms with E-state index in [0.717, 1.165) is 65.6 Å². The van der Waals surface area contributed by atoms with Crippen LogP contribution in [0.4, 0.5) is 17.1 Å². The standard InChI is InChI=1S/C42H44N6O4S4/c1-30(49)46-34-18-13-32(14-19-34)8-7-25-53-38-11-5-3-9-36(38)45-28-40(51)43-23-26-54-55-27-24-44-41(52)29-48-37-10-4-6-12-39(37)56-42(48)22-17-33-15-20-35(21-16-33)47-31(2)50/h3-22,45H,23-29H2,1-2H3,(H3,43,44,46,49,51,52)/p+2. The van der Waals surface area contributed by atoms with E-state index in [0.29, 0.717) is 19.6 Å². The average molecular weight is 827 g/mol. The van der Waals surface area contributed by atoms with Gasteiger partial charge in [-0.25, -0.2) is 0 Å². The van der Waals surface area contributed by atoms with Crippen LogP contribution in [0.2, 0.25) is 0 Å². The van der Waals surface area contributed by atoms with E-state index in [1.165, 1.54) is 13.8 Å². The molecule has 290 valence electrons. The van der Waals surface area contributed by atoms with Crippen LogP contribution in [-0.2, 0) is 25.7 Å². The maximum Gasteiger partial charge on any atom is 0.286 e. The van der Waals surface area contributed by atoms with Gasteiger partial charge in [0.1, 0.15) is 10.4 Å². The minimum atomic E-state index is -0.109. The molecular formula is C42H46N6O4S4+2. The molecule has 0 radical (unpaired) electrons. The highest BCUT2D eigenvalue weighted by molar-refractivity contribution is 8.76. The van der Waals surface area contributed by atoms with Crippen molar-refractivity contribution in [1.29, 1.82) is 0 Å². The number of carbonyl (C=O) groups is 4. The molecule has 0 bridgehead atoms. The first-order valence-corrected chi connectivity index (χ1v) is 22.4. The highest BCUT2D eigenvalue weighted by Crippen LogP contribution is 2.25. The maximum absolute atomic E-state index is 13.0. The van der Waals surface area contributed by atoms with Gasteiger partial charge in [-0.05, 0) is 53.6 Å². The van der Waals surface area contributed by atoms with Crippen LogP contribution in [-0.4, -0.2) is 60.5 Å². The number of nitrogens with one attached hydrogen (secondary N) is 4. The Balaban J connectivity index is 0.961.